The second-order valence-corrected chi connectivity index (χ2v) is 8.73. The zero-order valence-electron chi connectivity index (χ0n) is 17.4. The number of hydrogen-bond donors (Lipinski definition) is 2. The molecule has 32 heavy (non-hydrogen) atoms. The summed E-state index contributed by atoms with van der Waals surface area (Å²) in [4.78, 5) is 13.3. The highest BCUT2D eigenvalue weighted by Gasteiger charge is 2.18. The highest BCUT2D eigenvalue weighted by Crippen LogP contribution is 2.38. The lowest BCUT2D eigenvalue weighted by molar-refractivity contribution is 0.0331. The van der Waals surface area contributed by atoms with E-state index in [2.05, 4.69) is 56.1 Å². The average Bonchev–Trinajstić information content (AvgIpc) is 3.47. The van der Waals surface area contributed by atoms with Crippen LogP contribution in [0.25, 0.3) is 32.2 Å². The Bertz CT molecular complexity index is 1370. The number of thiophene rings is 1. The van der Waals surface area contributed by atoms with E-state index in [4.69, 9.17) is 14.7 Å². The number of H-pyrrole nitrogens is 1. The molecule has 2 N–H and O–H groups in total. The zero-order valence-corrected chi connectivity index (χ0v) is 18.2. The van der Waals surface area contributed by atoms with Crippen molar-refractivity contribution in [3.8, 4) is 11.1 Å². The second kappa shape index (κ2) is 8.31. The standard InChI is InChI=1S/C24H22N6OS/c1-2-4-16(5-3-1)19-15-32-24-22(19)23(26-18-6-7-20-17(12-18)13-25-29-20)27-21(28-24)14-30-8-10-31-11-9-30/h1-7,12-13,15H,8-11,14H2,(H,25,29)(H,26,27,28). The summed E-state index contributed by atoms with van der Waals surface area (Å²) in [5.41, 5.74) is 4.30. The molecule has 0 radical (unpaired) electrons. The lowest BCUT2D eigenvalue weighted by atomic mass is 10.1. The van der Waals surface area contributed by atoms with Crippen LogP contribution in [0.3, 0.4) is 0 Å². The largest absolute Gasteiger partial charge is 0.379 e. The molecule has 0 unspecified atom stereocenters. The predicted molar refractivity (Wildman–Crippen MR) is 128 cm³/mol. The normalized spacial score (nSPS) is 14.9. The van der Waals surface area contributed by atoms with Crippen molar-refractivity contribution in [1.82, 2.24) is 25.1 Å². The second-order valence-electron chi connectivity index (χ2n) is 7.87. The lowest BCUT2D eigenvalue weighted by Crippen LogP contribution is -2.36. The van der Waals surface area contributed by atoms with Crippen LogP contribution in [0.2, 0.25) is 0 Å². The number of nitrogens with zero attached hydrogens (tertiary/aromatic N) is 4. The minimum absolute atomic E-state index is 0.716. The van der Waals surface area contributed by atoms with E-state index in [0.29, 0.717) is 6.54 Å². The van der Waals surface area contributed by atoms with Crippen LogP contribution in [0.1, 0.15) is 5.82 Å². The van der Waals surface area contributed by atoms with Gasteiger partial charge in [0, 0.05) is 35.1 Å². The molecule has 0 saturated carbocycles. The van der Waals surface area contributed by atoms with E-state index in [9.17, 15) is 0 Å². The van der Waals surface area contributed by atoms with Gasteiger partial charge in [0.1, 0.15) is 16.5 Å². The van der Waals surface area contributed by atoms with Crippen molar-refractivity contribution in [1.29, 1.82) is 0 Å². The minimum Gasteiger partial charge on any atom is -0.379 e. The Hall–Kier alpha value is -3.33. The van der Waals surface area contributed by atoms with Crippen molar-refractivity contribution in [2.24, 2.45) is 0 Å². The Labute approximate surface area is 189 Å². The summed E-state index contributed by atoms with van der Waals surface area (Å²) >= 11 is 1.66. The molecule has 1 fully saturated rings. The van der Waals surface area contributed by atoms with Crippen LogP contribution in [-0.4, -0.2) is 51.4 Å². The van der Waals surface area contributed by atoms with Crippen molar-refractivity contribution in [2.75, 3.05) is 31.6 Å². The number of aromatic amines is 1. The third-order valence-electron chi connectivity index (χ3n) is 5.74. The first-order valence-electron chi connectivity index (χ1n) is 10.7. The van der Waals surface area contributed by atoms with Gasteiger partial charge in [0.2, 0.25) is 0 Å². The van der Waals surface area contributed by atoms with Gasteiger partial charge < -0.3 is 10.1 Å². The molecule has 1 aliphatic heterocycles. The molecule has 0 aliphatic carbocycles. The van der Waals surface area contributed by atoms with Crippen molar-refractivity contribution in [3.05, 3.63) is 65.9 Å². The lowest BCUT2D eigenvalue weighted by Gasteiger charge is -2.25. The van der Waals surface area contributed by atoms with E-state index >= 15 is 0 Å². The summed E-state index contributed by atoms with van der Waals surface area (Å²) in [6.45, 7) is 4.04. The molecule has 2 aromatic carbocycles. The first-order chi connectivity index (χ1) is 15.8. The van der Waals surface area contributed by atoms with E-state index in [1.54, 1.807) is 11.3 Å². The van der Waals surface area contributed by atoms with Gasteiger partial charge in [0.25, 0.3) is 0 Å². The first kappa shape index (κ1) is 19.4. The molecule has 0 bridgehead atoms. The molecule has 1 saturated heterocycles. The molecule has 8 heteroatoms. The topological polar surface area (TPSA) is 79.0 Å². The van der Waals surface area contributed by atoms with Crippen molar-refractivity contribution in [2.45, 2.75) is 6.54 Å². The van der Waals surface area contributed by atoms with Gasteiger partial charge in [0.15, 0.2) is 0 Å². The molecule has 0 spiro atoms. The molecule has 3 aromatic heterocycles. The highest BCUT2D eigenvalue weighted by molar-refractivity contribution is 7.17. The summed E-state index contributed by atoms with van der Waals surface area (Å²) in [6.07, 6.45) is 1.83. The fourth-order valence-corrected chi connectivity index (χ4v) is 5.06. The van der Waals surface area contributed by atoms with Gasteiger partial charge in [0.05, 0.1) is 36.9 Å². The maximum atomic E-state index is 5.49. The molecule has 5 aromatic rings. The van der Waals surface area contributed by atoms with Gasteiger partial charge in [-0.3, -0.25) is 10.00 Å². The summed E-state index contributed by atoms with van der Waals surface area (Å²) in [6, 6.07) is 16.6. The molecule has 0 amide bonds. The summed E-state index contributed by atoms with van der Waals surface area (Å²) < 4.78 is 5.49. The van der Waals surface area contributed by atoms with E-state index in [1.807, 2.05) is 24.4 Å². The third kappa shape index (κ3) is 3.73. The molecule has 1 aliphatic rings. The Balaban J connectivity index is 1.44. The first-order valence-corrected chi connectivity index (χ1v) is 11.6. The minimum atomic E-state index is 0.716. The number of hydrogen-bond acceptors (Lipinski definition) is 7. The Morgan fingerprint density at radius 2 is 1.94 bits per heavy atom. The van der Waals surface area contributed by atoms with Gasteiger partial charge in [-0.05, 0) is 23.8 Å². The molecule has 160 valence electrons. The highest BCUT2D eigenvalue weighted by atomic mass is 32.1. The van der Waals surface area contributed by atoms with E-state index in [1.165, 1.54) is 0 Å². The number of rotatable bonds is 5. The van der Waals surface area contributed by atoms with Crippen LogP contribution < -0.4 is 5.32 Å². The number of aromatic nitrogens is 4. The number of ether oxygens (including phenoxy) is 1. The Morgan fingerprint density at radius 3 is 2.81 bits per heavy atom. The van der Waals surface area contributed by atoms with Gasteiger partial charge in [-0.2, -0.15) is 5.10 Å². The fourth-order valence-electron chi connectivity index (χ4n) is 4.09. The molecule has 4 heterocycles. The average molecular weight is 443 g/mol. The molecular formula is C24H22N6OS. The predicted octanol–water partition coefficient (Wildman–Crippen LogP) is 4.81. The summed E-state index contributed by atoms with van der Waals surface area (Å²) in [5.74, 6) is 1.66. The van der Waals surface area contributed by atoms with Gasteiger partial charge >= 0.3 is 0 Å². The SMILES string of the molecule is c1ccc(-c2csc3nc(CN4CCOCC4)nc(Nc4ccc5[nH]ncc5c4)c23)cc1. The fraction of sp³-hybridized carbons (Fsp3) is 0.208. The van der Waals surface area contributed by atoms with E-state index < -0.39 is 0 Å². The van der Waals surface area contributed by atoms with E-state index in [-0.39, 0.29) is 0 Å². The summed E-state index contributed by atoms with van der Waals surface area (Å²) in [5, 5.41) is 15.0. The summed E-state index contributed by atoms with van der Waals surface area (Å²) in [7, 11) is 0. The van der Waals surface area contributed by atoms with Crippen LogP contribution in [-0.2, 0) is 11.3 Å². The number of benzene rings is 2. The van der Waals surface area contributed by atoms with Crippen molar-refractivity contribution >= 4 is 44.0 Å². The third-order valence-corrected chi connectivity index (χ3v) is 6.61. The quantitative estimate of drug-likeness (QED) is 0.407. The number of nitrogens with one attached hydrogen (secondary N) is 2. The maximum Gasteiger partial charge on any atom is 0.146 e. The van der Waals surface area contributed by atoms with Crippen molar-refractivity contribution < 1.29 is 4.74 Å². The van der Waals surface area contributed by atoms with Crippen LogP contribution in [0.5, 0.6) is 0 Å². The molecule has 6 rings (SSSR count). The molecule has 0 atom stereocenters. The van der Waals surface area contributed by atoms with Gasteiger partial charge in [-0.25, -0.2) is 9.97 Å². The number of anilines is 2. The van der Waals surface area contributed by atoms with Crippen LogP contribution >= 0.6 is 11.3 Å². The Morgan fingerprint density at radius 1 is 1.06 bits per heavy atom. The van der Waals surface area contributed by atoms with Crippen LogP contribution in [0, 0.1) is 0 Å². The number of fused-ring (bicyclic) bond motifs is 2. The van der Waals surface area contributed by atoms with Gasteiger partial charge in [-0.1, -0.05) is 30.3 Å². The molecule has 7 nitrogen and oxygen atoms in total. The Kier molecular flexibility index (Phi) is 5.03. The van der Waals surface area contributed by atoms with Crippen LogP contribution in [0.15, 0.2) is 60.1 Å². The smallest absolute Gasteiger partial charge is 0.146 e. The number of morpholine rings is 1. The maximum absolute atomic E-state index is 5.49. The zero-order chi connectivity index (χ0) is 21.3. The van der Waals surface area contributed by atoms with E-state index in [0.717, 1.165) is 75.9 Å². The monoisotopic (exact) mass is 442 g/mol. The van der Waals surface area contributed by atoms with Crippen molar-refractivity contribution in [3.63, 3.8) is 0 Å². The molecular weight excluding hydrogens is 420 g/mol. The van der Waals surface area contributed by atoms with Crippen LogP contribution in [0.4, 0.5) is 11.5 Å². The van der Waals surface area contributed by atoms with Gasteiger partial charge in [-0.15, -0.1) is 11.3 Å².